The molecule has 1 atom stereocenters. The molecule has 1 heterocycles. The maximum atomic E-state index is 13.7. The highest BCUT2D eigenvalue weighted by atomic mass is 32.2. The van der Waals surface area contributed by atoms with Crippen LogP contribution in [0.5, 0.6) is 17.2 Å². The number of carbonyl (C=O) groups excluding carboxylic acids is 2. The summed E-state index contributed by atoms with van der Waals surface area (Å²) in [6.45, 7) is 3.98. The van der Waals surface area contributed by atoms with Gasteiger partial charge in [-0.1, -0.05) is 13.8 Å². The molecule has 0 spiro atoms. The number of hydrogen-bond acceptors (Lipinski definition) is 7. The summed E-state index contributed by atoms with van der Waals surface area (Å²) in [6.07, 6.45) is 0.848. The van der Waals surface area contributed by atoms with E-state index in [1.54, 1.807) is 12.1 Å². The number of sulfonamides is 1. The lowest BCUT2D eigenvalue weighted by atomic mass is 9.69. The summed E-state index contributed by atoms with van der Waals surface area (Å²) >= 11 is 0. The van der Waals surface area contributed by atoms with Crippen LogP contribution in [0.2, 0.25) is 0 Å². The fraction of sp³-hybridized carbons (Fsp3) is 0.385. The molecule has 0 saturated heterocycles. The third-order valence-corrected chi connectivity index (χ3v) is 7.61. The number of benzene rings is 2. The number of ketones is 1. The van der Waals surface area contributed by atoms with Gasteiger partial charge in [0.25, 0.3) is 0 Å². The molecule has 192 valence electrons. The largest absolute Gasteiger partial charge is 0.496 e. The van der Waals surface area contributed by atoms with Gasteiger partial charge in [-0.3, -0.25) is 14.5 Å². The van der Waals surface area contributed by atoms with Crippen molar-refractivity contribution >= 4 is 27.4 Å². The minimum atomic E-state index is -3.89. The van der Waals surface area contributed by atoms with E-state index < -0.39 is 15.9 Å². The third-order valence-electron chi connectivity index (χ3n) is 6.68. The second-order valence-corrected chi connectivity index (χ2v) is 11.3. The average molecular weight is 515 g/mol. The Morgan fingerprint density at radius 2 is 1.50 bits per heavy atom. The number of Topliss-reactive ketones (excluding diaryl/α,β-unsaturated/α-hetero) is 1. The lowest BCUT2D eigenvalue weighted by Crippen LogP contribution is -2.43. The van der Waals surface area contributed by atoms with Gasteiger partial charge < -0.3 is 14.2 Å². The molecule has 0 radical (unpaired) electrons. The number of hydrogen-bond donors (Lipinski definition) is 1. The fourth-order valence-electron chi connectivity index (χ4n) is 5.09. The van der Waals surface area contributed by atoms with E-state index in [1.807, 2.05) is 13.8 Å². The minimum Gasteiger partial charge on any atom is -0.496 e. The second kappa shape index (κ2) is 9.25. The van der Waals surface area contributed by atoms with Gasteiger partial charge in [0.1, 0.15) is 5.75 Å². The Morgan fingerprint density at radius 3 is 2.06 bits per heavy atom. The van der Waals surface area contributed by atoms with Crippen LogP contribution < -0.4 is 24.2 Å². The van der Waals surface area contributed by atoms with Gasteiger partial charge in [-0.2, -0.15) is 0 Å². The summed E-state index contributed by atoms with van der Waals surface area (Å²) in [5, 5.41) is 5.23. The molecule has 2 aromatic rings. The number of nitrogens with two attached hydrogens (primary N) is 1. The third kappa shape index (κ3) is 4.58. The van der Waals surface area contributed by atoms with E-state index in [4.69, 9.17) is 19.3 Å². The Hall–Kier alpha value is -3.37. The van der Waals surface area contributed by atoms with Crippen LogP contribution in [0.25, 0.3) is 0 Å². The molecule has 36 heavy (non-hydrogen) atoms. The van der Waals surface area contributed by atoms with Gasteiger partial charge in [-0.25, -0.2) is 13.6 Å². The Labute approximate surface area is 210 Å². The van der Waals surface area contributed by atoms with E-state index in [9.17, 15) is 18.0 Å². The lowest BCUT2D eigenvalue weighted by Gasteiger charge is -2.43. The predicted octanol–water partition coefficient (Wildman–Crippen LogP) is 3.52. The van der Waals surface area contributed by atoms with Crippen molar-refractivity contribution in [3.8, 4) is 17.2 Å². The molecule has 0 aromatic heterocycles. The number of rotatable bonds is 6. The van der Waals surface area contributed by atoms with E-state index >= 15 is 0 Å². The second-order valence-electron chi connectivity index (χ2n) is 9.78. The molecule has 0 fully saturated rings. The number of ether oxygens (including phenoxy) is 3. The first kappa shape index (κ1) is 25.7. The first-order valence-electron chi connectivity index (χ1n) is 11.4. The van der Waals surface area contributed by atoms with E-state index in [1.165, 1.54) is 50.5 Å². The number of primary sulfonamides is 1. The van der Waals surface area contributed by atoms with Gasteiger partial charge in [0, 0.05) is 47.3 Å². The van der Waals surface area contributed by atoms with Gasteiger partial charge in [0.2, 0.25) is 15.9 Å². The zero-order chi connectivity index (χ0) is 26.4. The standard InChI is InChI=1S/C26H30N2O7S/c1-26(2)13-19-25(20(29)14-26)18(17-10-22(34-4)23(35-5)12-21(17)33-3)11-24(30)28(19)15-6-8-16(9-7-15)36(27,31)32/h6-10,12,18H,11,13-14H2,1-5H3,(H2,27,31,32). The molecule has 2 aliphatic rings. The van der Waals surface area contributed by atoms with Crippen LogP contribution in [0.3, 0.4) is 0 Å². The average Bonchev–Trinajstić information content (AvgIpc) is 2.81. The van der Waals surface area contributed by atoms with Gasteiger partial charge in [-0.15, -0.1) is 0 Å². The molecular formula is C26H30N2O7S. The van der Waals surface area contributed by atoms with Gasteiger partial charge in [0.15, 0.2) is 17.3 Å². The number of carbonyl (C=O) groups is 2. The molecule has 9 nitrogen and oxygen atoms in total. The number of amides is 1. The first-order valence-corrected chi connectivity index (χ1v) is 13.0. The number of methoxy groups -OCH3 is 3. The maximum Gasteiger partial charge on any atom is 0.238 e. The molecular weight excluding hydrogens is 484 g/mol. The predicted molar refractivity (Wildman–Crippen MR) is 134 cm³/mol. The van der Waals surface area contributed by atoms with E-state index in [2.05, 4.69) is 0 Å². The number of nitrogens with zero attached hydrogens (tertiary/aromatic N) is 1. The molecule has 1 aliphatic heterocycles. The molecule has 2 aromatic carbocycles. The molecule has 0 bridgehead atoms. The topological polar surface area (TPSA) is 125 Å². The maximum absolute atomic E-state index is 13.7. The van der Waals surface area contributed by atoms with Crippen molar-refractivity contribution in [2.45, 2.75) is 43.9 Å². The molecule has 4 rings (SSSR count). The summed E-state index contributed by atoms with van der Waals surface area (Å²) in [5.41, 5.74) is 1.93. The molecule has 0 saturated carbocycles. The summed E-state index contributed by atoms with van der Waals surface area (Å²) < 4.78 is 39.9. The molecule has 1 unspecified atom stereocenters. The highest BCUT2D eigenvalue weighted by Crippen LogP contribution is 2.51. The Kier molecular flexibility index (Phi) is 6.61. The van der Waals surface area contributed by atoms with Crippen molar-refractivity contribution in [3.63, 3.8) is 0 Å². The van der Waals surface area contributed by atoms with Crippen molar-refractivity contribution in [2.75, 3.05) is 26.2 Å². The summed E-state index contributed by atoms with van der Waals surface area (Å²) in [6, 6.07) is 9.23. The fourth-order valence-corrected chi connectivity index (χ4v) is 5.61. The van der Waals surface area contributed by atoms with Gasteiger partial charge in [-0.05, 0) is 42.2 Å². The van der Waals surface area contributed by atoms with Crippen LogP contribution >= 0.6 is 0 Å². The van der Waals surface area contributed by atoms with Gasteiger partial charge >= 0.3 is 0 Å². The zero-order valence-electron chi connectivity index (χ0n) is 21.0. The summed E-state index contributed by atoms with van der Waals surface area (Å²) in [4.78, 5) is 28.7. The van der Waals surface area contributed by atoms with Crippen molar-refractivity contribution < 1.29 is 32.2 Å². The zero-order valence-corrected chi connectivity index (χ0v) is 21.8. The van der Waals surface area contributed by atoms with Crippen molar-refractivity contribution in [1.29, 1.82) is 0 Å². The minimum absolute atomic E-state index is 0.0216. The van der Waals surface area contributed by atoms with Crippen LogP contribution in [-0.4, -0.2) is 41.4 Å². The summed E-state index contributed by atoms with van der Waals surface area (Å²) in [5.74, 6) is 0.632. The van der Waals surface area contributed by atoms with Crippen LogP contribution in [0.15, 0.2) is 52.6 Å². The highest BCUT2D eigenvalue weighted by Gasteiger charge is 2.45. The van der Waals surface area contributed by atoms with Crippen LogP contribution in [0.1, 0.15) is 44.6 Å². The molecule has 10 heteroatoms. The van der Waals surface area contributed by atoms with Crippen LogP contribution in [0, 0.1) is 5.41 Å². The van der Waals surface area contributed by atoms with Crippen molar-refractivity contribution in [2.24, 2.45) is 10.6 Å². The monoisotopic (exact) mass is 514 g/mol. The Balaban J connectivity index is 1.91. The van der Waals surface area contributed by atoms with Crippen LogP contribution in [0.4, 0.5) is 5.69 Å². The van der Waals surface area contributed by atoms with E-state index in [0.717, 1.165) is 0 Å². The Bertz CT molecular complexity index is 1360. The highest BCUT2D eigenvalue weighted by molar-refractivity contribution is 7.89. The smallest absolute Gasteiger partial charge is 0.238 e. The molecule has 2 N–H and O–H groups in total. The van der Waals surface area contributed by atoms with Crippen molar-refractivity contribution in [1.82, 2.24) is 0 Å². The number of allylic oxidation sites excluding steroid dienone is 2. The molecule has 1 aliphatic carbocycles. The normalized spacial score (nSPS) is 19.7. The van der Waals surface area contributed by atoms with Crippen molar-refractivity contribution in [3.05, 3.63) is 53.2 Å². The van der Waals surface area contributed by atoms with E-state index in [-0.39, 0.29) is 28.4 Å². The number of anilines is 1. The van der Waals surface area contributed by atoms with Crippen LogP contribution in [-0.2, 0) is 19.6 Å². The van der Waals surface area contributed by atoms with Gasteiger partial charge in [0.05, 0.1) is 26.2 Å². The Morgan fingerprint density at radius 1 is 0.917 bits per heavy atom. The SMILES string of the molecule is COc1cc(OC)c(C2CC(=O)N(c3ccc(S(N)(=O)=O)cc3)C3=C2C(=O)CC(C)(C)C3)cc1OC. The molecule has 1 amide bonds. The lowest BCUT2D eigenvalue weighted by molar-refractivity contribution is -0.121. The van der Waals surface area contributed by atoms with E-state index in [0.29, 0.717) is 52.6 Å². The quantitative estimate of drug-likeness (QED) is 0.625. The summed E-state index contributed by atoms with van der Waals surface area (Å²) in [7, 11) is 0.680. The first-order chi connectivity index (χ1) is 16.9.